The number of nitrogens with one attached hydrogen (secondary N) is 2. The molecule has 0 aromatic heterocycles. The normalized spacial score (nSPS) is 22.1. The van der Waals surface area contributed by atoms with Gasteiger partial charge in [-0.15, -0.1) is 0 Å². The third-order valence-electron chi connectivity index (χ3n) is 3.67. The van der Waals surface area contributed by atoms with Crippen LogP contribution in [0, 0.1) is 0 Å². The van der Waals surface area contributed by atoms with Gasteiger partial charge in [0.1, 0.15) is 0 Å². The highest BCUT2D eigenvalue weighted by Gasteiger charge is 2.31. The summed E-state index contributed by atoms with van der Waals surface area (Å²) in [4.78, 5) is 11.8. The first kappa shape index (κ1) is 14.5. The average Bonchev–Trinajstić information content (AvgIpc) is 2.73. The van der Waals surface area contributed by atoms with Gasteiger partial charge in [-0.25, -0.2) is 0 Å². The van der Waals surface area contributed by atoms with Crippen LogP contribution in [-0.2, 0) is 4.79 Å². The molecule has 17 heavy (non-hydrogen) atoms. The molecule has 0 saturated heterocycles. The lowest BCUT2D eigenvalue weighted by molar-refractivity contribution is -0.123. The molecule has 2 atom stereocenters. The van der Waals surface area contributed by atoms with Gasteiger partial charge in [0.2, 0.25) is 5.91 Å². The van der Waals surface area contributed by atoms with Crippen molar-refractivity contribution in [1.82, 2.24) is 10.6 Å². The standard InChI is InChI=1S/C13H26N2O2/c1-4-10(2)15-12(16)11(3)14-9-13(17)7-5-6-8-13/h10-11,14,17H,4-9H2,1-3H3,(H,15,16). The van der Waals surface area contributed by atoms with Crippen molar-refractivity contribution in [2.75, 3.05) is 6.54 Å². The number of aliphatic hydroxyl groups is 1. The Bertz CT molecular complexity index is 250. The number of hydrogen-bond acceptors (Lipinski definition) is 3. The van der Waals surface area contributed by atoms with E-state index in [2.05, 4.69) is 10.6 Å². The van der Waals surface area contributed by atoms with Gasteiger partial charge >= 0.3 is 0 Å². The zero-order valence-electron chi connectivity index (χ0n) is 11.3. The Hall–Kier alpha value is -0.610. The summed E-state index contributed by atoms with van der Waals surface area (Å²) in [6, 6.07) is -0.0325. The van der Waals surface area contributed by atoms with Crippen molar-refractivity contribution in [2.24, 2.45) is 0 Å². The van der Waals surface area contributed by atoms with Crippen molar-refractivity contribution in [1.29, 1.82) is 0 Å². The molecular formula is C13H26N2O2. The van der Waals surface area contributed by atoms with Crippen molar-refractivity contribution in [2.45, 2.75) is 70.6 Å². The summed E-state index contributed by atoms with van der Waals surface area (Å²) < 4.78 is 0. The fourth-order valence-electron chi connectivity index (χ4n) is 2.12. The van der Waals surface area contributed by atoms with Crippen LogP contribution in [0.25, 0.3) is 0 Å². The van der Waals surface area contributed by atoms with Crippen molar-refractivity contribution >= 4 is 5.91 Å². The molecule has 0 aromatic carbocycles. The van der Waals surface area contributed by atoms with E-state index < -0.39 is 5.60 Å². The molecule has 0 radical (unpaired) electrons. The molecule has 0 heterocycles. The maximum Gasteiger partial charge on any atom is 0.237 e. The molecule has 1 rings (SSSR count). The first-order valence-electron chi connectivity index (χ1n) is 6.73. The fraction of sp³-hybridized carbons (Fsp3) is 0.923. The quantitative estimate of drug-likeness (QED) is 0.655. The molecule has 1 aliphatic rings. The SMILES string of the molecule is CCC(C)NC(=O)C(C)NCC1(O)CCCC1. The van der Waals surface area contributed by atoms with Crippen molar-refractivity contribution in [3.05, 3.63) is 0 Å². The molecule has 1 aliphatic carbocycles. The average molecular weight is 242 g/mol. The van der Waals surface area contributed by atoms with Gasteiger partial charge in [-0.2, -0.15) is 0 Å². The van der Waals surface area contributed by atoms with Crippen molar-refractivity contribution < 1.29 is 9.90 Å². The fourth-order valence-corrected chi connectivity index (χ4v) is 2.12. The summed E-state index contributed by atoms with van der Waals surface area (Å²) in [6.45, 7) is 6.40. The molecule has 0 aromatic rings. The van der Waals surface area contributed by atoms with E-state index in [0.717, 1.165) is 32.1 Å². The second-order valence-corrected chi connectivity index (χ2v) is 5.35. The topological polar surface area (TPSA) is 61.4 Å². The van der Waals surface area contributed by atoms with Crippen LogP contribution in [0.3, 0.4) is 0 Å². The molecule has 2 unspecified atom stereocenters. The molecule has 3 N–H and O–H groups in total. The van der Waals surface area contributed by atoms with Crippen LogP contribution in [0.2, 0.25) is 0 Å². The van der Waals surface area contributed by atoms with Gasteiger partial charge in [0.25, 0.3) is 0 Å². The highest BCUT2D eigenvalue weighted by molar-refractivity contribution is 5.81. The second-order valence-electron chi connectivity index (χ2n) is 5.35. The van der Waals surface area contributed by atoms with E-state index >= 15 is 0 Å². The van der Waals surface area contributed by atoms with Gasteiger partial charge in [0.15, 0.2) is 0 Å². The monoisotopic (exact) mass is 242 g/mol. The molecule has 4 nitrogen and oxygen atoms in total. The molecule has 0 spiro atoms. The van der Waals surface area contributed by atoms with Gasteiger partial charge in [-0.3, -0.25) is 4.79 Å². The Morgan fingerprint density at radius 2 is 1.94 bits per heavy atom. The van der Waals surface area contributed by atoms with Gasteiger partial charge in [-0.1, -0.05) is 19.8 Å². The molecule has 0 bridgehead atoms. The number of carbonyl (C=O) groups is 1. The zero-order chi connectivity index (χ0) is 12.9. The highest BCUT2D eigenvalue weighted by Crippen LogP contribution is 2.28. The number of rotatable bonds is 6. The maximum absolute atomic E-state index is 11.8. The molecule has 100 valence electrons. The summed E-state index contributed by atoms with van der Waals surface area (Å²) in [5.41, 5.74) is -0.592. The van der Waals surface area contributed by atoms with E-state index in [1.54, 1.807) is 0 Å². The van der Waals surface area contributed by atoms with Crippen molar-refractivity contribution in [3.8, 4) is 0 Å². The van der Waals surface area contributed by atoms with Gasteiger partial charge < -0.3 is 15.7 Å². The Morgan fingerprint density at radius 1 is 1.35 bits per heavy atom. The van der Waals surface area contributed by atoms with Gasteiger partial charge in [0, 0.05) is 12.6 Å². The van der Waals surface area contributed by atoms with Crippen LogP contribution in [0.15, 0.2) is 0 Å². The Morgan fingerprint density at radius 3 is 2.47 bits per heavy atom. The van der Waals surface area contributed by atoms with E-state index in [1.807, 2.05) is 20.8 Å². The maximum atomic E-state index is 11.8. The first-order chi connectivity index (χ1) is 7.97. The number of hydrogen-bond donors (Lipinski definition) is 3. The lowest BCUT2D eigenvalue weighted by atomic mass is 10.0. The first-order valence-corrected chi connectivity index (χ1v) is 6.73. The third-order valence-corrected chi connectivity index (χ3v) is 3.67. The Labute approximate surface area is 104 Å². The van der Waals surface area contributed by atoms with E-state index in [0.29, 0.717) is 6.54 Å². The second kappa shape index (κ2) is 6.36. The smallest absolute Gasteiger partial charge is 0.237 e. The van der Waals surface area contributed by atoms with Crippen LogP contribution in [0.5, 0.6) is 0 Å². The molecule has 0 aliphatic heterocycles. The van der Waals surface area contributed by atoms with E-state index in [4.69, 9.17) is 0 Å². The minimum Gasteiger partial charge on any atom is -0.389 e. The van der Waals surface area contributed by atoms with Crippen molar-refractivity contribution in [3.63, 3.8) is 0 Å². The van der Waals surface area contributed by atoms with Gasteiger partial charge in [0.05, 0.1) is 11.6 Å². The predicted molar refractivity (Wildman–Crippen MR) is 68.8 cm³/mol. The van der Waals surface area contributed by atoms with Gasteiger partial charge in [-0.05, 0) is 33.1 Å². The largest absolute Gasteiger partial charge is 0.389 e. The molecule has 1 amide bonds. The summed E-state index contributed by atoms with van der Waals surface area (Å²) in [7, 11) is 0. The minimum absolute atomic E-state index is 0.0148. The third kappa shape index (κ3) is 4.64. The summed E-state index contributed by atoms with van der Waals surface area (Å²) in [5, 5.41) is 16.2. The molecule has 4 heteroatoms. The van der Waals surface area contributed by atoms with Crippen LogP contribution in [0.1, 0.15) is 52.9 Å². The van der Waals surface area contributed by atoms with E-state index in [-0.39, 0.29) is 18.0 Å². The number of amides is 1. The van der Waals surface area contributed by atoms with Crippen LogP contribution >= 0.6 is 0 Å². The summed E-state index contributed by atoms with van der Waals surface area (Å²) >= 11 is 0. The number of carbonyl (C=O) groups excluding carboxylic acids is 1. The summed E-state index contributed by atoms with van der Waals surface area (Å²) in [6.07, 6.45) is 4.80. The molecular weight excluding hydrogens is 216 g/mol. The predicted octanol–water partition coefficient (Wildman–Crippen LogP) is 1.18. The lowest BCUT2D eigenvalue weighted by Crippen LogP contribution is -2.49. The lowest BCUT2D eigenvalue weighted by Gasteiger charge is -2.25. The Balaban J connectivity index is 2.28. The summed E-state index contributed by atoms with van der Waals surface area (Å²) in [5.74, 6) is 0.0148. The Kier molecular flexibility index (Phi) is 5.40. The van der Waals surface area contributed by atoms with Crippen LogP contribution < -0.4 is 10.6 Å². The molecule has 1 saturated carbocycles. The minimum atomic E-state index is -0.592. The zero-order valence-corrected chi connectivity index (χ0v) is 11.3. The molecule has 1 fully saturated rings. The highest BCUT2D eigenvalue weighted by atomic mass is 16.3. The van der Waals surface area contributed by atoms with E-state index in [9.17, 15) is 9.90 Å². The van der Waals surface area contributed by atoms with Crippen LogP contribution in [0.4, 0.5) is 0 Å². The van der Waals surface area contributed by atoms with Crippen LogP contribution in [-0.4, -0.2) is 35.2 Å². The van der Waals surface area contributed by atoms with E-state index in [1.165, 1.54) is 0 Å².